The predicted octanol–water partition coefficient (Wildman–Crippen LogP) is 4.84. The maximum absolute atomic E-state index is 6.33. The lowest BCUT2D eigenvalue weighted by atomic mass is 9.98. The number of benzene rings is 2. The van der Waals surface area contributed by atoms with Gasteiger partial charge in [-0.15, -0.1) is 0 Å². The summed E-state index contributed by atoms with van der Waals surface area (Å²) in [4.78, 5) is 0. The third kappa shape index (κ3) is 3.34. The first-order valence-electron chi connectivity index (χ1n) is 7.07. The Morgan fingerprint density at radius 2 is 1.76 bits per heavy atom. The molecule has 1 atom stereocenters. The third-order valence-electron chi connectivity index (χ3n) is 3.60. The van der Waals surface area contributed by atoms with Gasteiger partial charge in [-0.3, -0.25) is 0 Å². The fourth-order valence-corrected chi connectivity index (χ4v) is 3.03. The summed E-state index contributed by atoms with van der Waals surface area (Å²) in [5, 5.41) is 4.61. The molecule has 3 rings (SSSR count). The Morgan fingerprint density at radius 1 is 1.10 bits per heavy atom. The van der Waals surface area contributed by atoms with Gasteiger partial charge in [-0.2, -0.15) is 0 Å². The Hall–Kier alpha value is -1.22. The molecule has 1 fully saturated rings. The van der Waals surface area contributed by atoms with Gasteiger partial charge in [-0.05, 0) is 49.7 Å². The van der Waals surface area contributed by atoms with E-state index in [1.807, 2.05) is 37.4 Å². The second-order valence-electron chi connectivity index (χ2n) is 5.25. The normalized spacial score (nSPS) is 15.8. The van der Waals surface area contributed by atoms with Crippen molar-refractivity contribution in [1.29, 1.82) is 0 Å². The van der Waals surface area contributed by atoms with Crippen molar-refractivity contribution in [3.8, 4) is 5.75 Å². The number of hydrogen-bond donors (Lipinski definition) is 1. The highest BCUT2D eigenvalue weighted by molar-refractivity contribution is 6.36. The maximum atomic E-state index is 6.33. The SMILES string of the molecule is CNC(c1cccc(OC2CC2)c1)c1c(Cl)cccc1Cl. The fourth-order valence-electron chi connectivity index (χ4n) is 2.41. The minimum atomic E-state index is -0.0612. The zero-order valence-corrected chi connectivity index (χ0v) is 13.3. The standard InChI is InChI=1S/C17H17Cl2NO/c1-20-17(16-14(18)6-3-7-15(16)19)11-4-2-5-13(10-11)21-12-8-9-12/h2-7,10,12,17,20H,8-9H2,1H3. The topological polar surface area (TPSA) is 21.3 Å². The highest BCUT2D eigenvalue weighted by atomic mass is 35.5. The number of nitrogens with one attached hydrogen (secondary N) is 1. The van der Waals surface area contributed by atoms with Crippen LogP contribution >= 0.6 is 23.2 Å². The molecule has 1 saturated carbocycles. The summed E-state index contributed by atoms with van der Waals surface area (Å²) >= 11 is 12.7. The van der Waals surface area contributed by atoms with Crippen molar-refractivity contribution < 1.29 is 4.74 Å². The van der Waals surface area contributed by atoms with E-state index in [1.165, 1.54) is 0 Å². The molecule has 21 heavy (non-hydrogen) atoms. The largest absolute Gasteiger partial charge is 0.490 e. The van der Waals surface area contributed by atoms with Crippen LogP contribution in [0.5, 0.6) is 5.75 Å². The number of ether oxygens (including phenoxy) is 1. The van der Waals surface area contributed by atoms with Crippen LogP contribution in [0.4, 0.5) is 0 Å². The molecule has 0 radical (unpaired) electrons. The van der Waals surface area contributed by atoms with Crippen LogP contribution < -0.4 is 10.1 Å². The predicted molar refractivity (Wildman–Crippen MR) is 87.5 cm³/mol. The van der Waals surface area contributed by atoms with Crippen molar-refractivity contribution in [1.82, 2.24) is 5.32 Å². The number of rotatable bonds is 5. The second-order valence-corrected chi connectivity index (χ2v) is 6.06. The first-order chi connectivity index (χ1) is 10.2. The Bertz CT molecular complexity index is 620. The van der Waals surface area contributed by atoms with Crippen LogP contribution in [0.15, 0.2) is 42.5 Å². The highest BCUT2D eigenvalue weighted by Gasteiger charge is 2.24. The van der Waals surface area contributed by atoms with Crippen molar-refractivity contribution in [3.05, 3.63) is 63.6 Å². The molecule has 0 spiro atoms. The minimum absolute atomic E-state index is 0.0612. The van der Waals surface area contributed by atoms with Crippen LogP contribution in [0.25, 0.3) is 0 Å². The zero-order valence-electron chi connectivity index (χ0n) is 11.8. The summed E-state index contributed by atoms with van der Waals surface area (Å²) in [6.07, 6.45) is 2.68. The number of halogens is 2. The Kier molecular flexibility index (Phi) is 4.39. The van der Waals surface area contributed by atoms with Gasteiger partial charge in [-0.1, -0.05) is 41.4 Å². The van der Waals surface area contributed by atoms with Gasteiger partial charge in [0.2, 0.25) is 0 Å². The van der Waals surface area contributed by atoms with Gasteiger partial charge < -0.3 is 10.1 Å². The average molecular weight is 322 g/mol. The molecule has 110 valence electrons. The van der Waals surface area contributed by atoms with Gasteiger partial charge in [0, 0.05) is 15.6 Å². The molecule has 4 heteroatoms. The van der Waals surface area contributed by atoms with Crippen molar-refractivity contribution in [2.75, 3.05) is 7.05 Å². The van der Waals surface area contributed by atoms with Gasteiger partial charge in [-0.25, -0.2) is 0 Å². The van der Waals surface area contributed by atoms with Crippen LogP contribution in [-0.2, 0) is 0 Å². The first-order valence-corrected chi connectivity index (χ1v) is 7.82. The van der Waals surface area contributed by atoms with Crippen molar-refractivity contribution in [2.24, 2.45) is 0 Å². The Labute approximate surface area is 135 Å². The van der Waals surface area contributed by atoms with E-state index in [2.05, 4.69) is 17.4 Å². The van der Waals surface area contributed by atoms with E-state index in [4.69, 9.17) is 27.9 Å². The Balaban J connectivity index is 1.95. The summed E-state index contributed by atoms with van der Waals surface area (Å²) in [6, 6.07) is 13.6. The van der Waals surface area contributed by atoms with Gasteiger partial charge in [0.05, 0.1) is 12.1 Å². The van der Waals surface area contributed by atoms with Gasteiger partial charge in [0.1, 0.15) is 5.75 Å². The molecule has 2 nitrogen and oxygen atoms in total. The van der Waals surface area contributed by atoms with Crippen molar-refractivity contribution in [2.45, 2.75) is 25.0 Å². The van der Waals surface area contributed by atoms with E-state index < -0.39 is 0 Å². The zero-order chi connectivity index (χ0) is 14.8. The van der Waals surface area contributed by atoms with Crippen LogP contribution in [0.3, 0.4) is 0 Å². The summed E-state index contributed by atoms with van der Waals surface area (Å²) in [6.45, 7) is 0. The molecule has 1 aliphatic rings. The highest BCUT2D eigenvalue weighted by Crippen LogP contribution is 2.35. The van der Waals surface area contributed by atoms with Crippen LogP contribution in [0.1, 0.15) is 30.0 Å². The lowest BCUT2D eigenvalue weighted by Gasteiger charge is -2.20. The van der Waals surface area contributed by atoms with Crippen LogP contribution in [-0.4, -0.2) is 13.2 Å². The average Bonchev–Trinajstić information content (AvgIpc) is 3.27. The van der Waals surface area contributed by atoms with Crippen molar-refractivity contribution in [3.63, 3.8) is 0 Å². The molecule has 0 saturated heterocycles. The third-order valence-corrected chi connectivity index (χ3v) is 4.25. The van der Waals surface area contributed by atoms with Gasteiger partial charge >= 0.3 is 0 Å². The maximum Gasteiger partial charge on any atom is 0.120 e. The van der Waals surface area contributed by atoms with Gasteiger partial charge in [0.15, 0.2) is 0 Å². The van der Waals surface area contributed by atoms with E-state index in [1.54, 1.807) is 0 Å². The number of hydrogen-bond acceptors (Lipinski definition) is 2. The van der Waals surface area contributed by atoms with E-state index in [-0.39, 0.29) is 6.04 Å². The second kappa shape index (κ2) is 6.27. The molecular weight excluding hydrogens is 305 g/mol. The van der Waals surface area contributed by atoms with E-state index in [0.29, 0.717) is 16.1 Å². The lowest BCUT2D eigenvalue weighted by Crippen LogP contribution is -2.18. The van der Waals surface area contributed by atoms with Crippen molar-refractivity contribution >= 4 is 23.2 Å². The Morgan fingerprint density at radius 3 is 2.38 bits per heavy atom. The van der Waals surface area contributed by atoms with E-state index in [0.717, 1.165) is 29.7 Å². The first kappa shape index (κ1) is 14.7. The van der Waals surface area contributed by atoms with Crippen LogP contribution in [0.2, 0.25) is 10.0 Å². The molecule has 2 aromatic rings. The summed E-state index contributed by atoms with van der Waals surface area (Å²) in [7, 11) is 1.90. The lowest BCUT2D eigenvalue weighted by molar-refractivity contribution is 0.302. The molecular formula is C17H17Cl2NO. The smallest absolute Gasteiger partial charge is 0.120 e. The quantitative estimate of drug-likeness (QED) is 0.850. The van der Waals surface area contributed by atoms with Gasteiger partial charge in [0.25, 0.3) is 0 Å². The van der Waals surface area contributed by atoms with E-state index >= 15 is 0 Å². The summed E-state index contributed by atoms with van der Waals surface area (Å²) in [5.74, 6) is 0.901. The molecule has 0 amide bonds. The summed E-state index contributed by atoms with van der Waals surface area (Å²) < 4.78 is 5.86. The molecule has 0 bridgehead atoms. The fraction of sp³-hybridized carbons (Fsp3) is 0.294. The molecule has 1 unspecified atom stereocenters. The van der Waals surface area contributed by atoms with Crippen LogP contribution in [0, 0.1) is 0 Å². The molecule has 0 heterocycles. The monoisotopic (exact) mass is 321 g/mol. The summed E-state index contributed by atoms with van der Waals surface area (Å²) in [5.41, 5.74) is 1.98. The molecule has 2 aromatic carbocycles. The molecule has 1 N–H and O–H groups in total. The molecule has 0 aromatic heterocycles. The molecule has 0 aliphatic heterocycles. The van der Waals surface area contributed by atoms with E-state index in [9.17, 15) is 0 Å². The minimum Gasteiger partial charge on any atom is -0.490 e. The molecule has 1 aliphatic carbocycles.